The third-order valence-electron chi connectivity index (χ3n) is 8.53. The highest BCUT2D eigenvalue weighted by Gasteiger charge is 2.45. The van der Waals surface area contributed by atoms with E-state index in [4.69, 9.17) is 0 Å². The standard InChI is InChI=1S/C31H30BNS/c1-32-21-14-16-22(17-15-21)33-28-11-4-2-7-24(28)25-18-13-20(19-29(25)33)23-9-6-10-27-26-8-3-5-12-30(26)34-31(23)27/h2-7,9-10,12-18,26-29,31-32H,8,11,19H2,1H3. The van der Waals surface area contributed by atoms with E-state index < -0.39 is 0 Å². The van der Waals surface area contributed by atoms with Crippen LogP contribution in [0.2, 0.25) is 6.82 Å². The maximum absolute atomic E-state index is 2.72. The van der Waals surface area contributed by atoms with Gasteiger partial charge in [-0.3, -0.25) is 0 Å². The first-order valence-electron chi connectivity index (χ1n) is 12.9. The molecule has 5 atom stereocenters. The molecule has 3 heteroatoms. The lowest BCUT2D eigenvalue weighted by Crippen LogP contribution is -2.38. The fraction of sp³-hybridized carbons (Fsp3) is 0.290. The van der Waals surface area contributed by atoms with Crippen molar-refractivity contribution in [2.24, 2.45) is 11.8 Å². The van der Waals surface area contributed by atoms with Crippen molar-refractivity contribution in [1.82, 2.24) is 0 Å². The molecule has 0 saturated carbocycles. The Morgan fingerprint density at radius 2 is 1.62 bits per heavy atom. The Kier molecular flexibility index (Phi) is 5.02. The molecule has 34 heavy (non-hydrogen) atoms. The zero-order valence-corrected chi connectivity index (χ0v) is 20.5. The Morgan fingerprint density at radius 3 is 2.50 bits per heavy atom. The second-order valence-electron chi connectivity index (χ2n) is 10.2. The molecule has 0 radical (unpaired) electrons. The van der Waals surface area contributed by atoms with Crippen LogP contribution in [0.5, 0.6) is 0 Å². The first-order chi connectivity index (χ1) is 16.8. The predicted molar refractivity (Wildman–Crippen MR) is 149 cm³/mol. The molecule has 4 aliphatic carbocycles. The highest BCUT2D eigenvalue weighted by molar-refractivity contribution is 8.04. The summed E-state index contributed by atoms with van der Waals surface area (Å²) in [7, 11) is 1.09. The molecule has 0 N–H and O–H groups in total. The van der Waals surface area contributed by atoms with Gasteiger partial charge in [0.05, 0.1) is 12.1 Å². The number of hydrogen-bond donors (Lipinski definition) is 0. The molecule has 2 aliphatic heterocycles. The molecule has 1 nitrogen and oxygen atoms in total. The average Bonchev–Trinajstić information content (AvgIpc) is 3.44. The Bertz CT molecular complexity index is 1270. The number of rotatable bonds is 3. The summed E-state index contributed by atoms with van der Waals surface area (Å²) < 4.78 is 0. The van der Waals surface area contributed by atoms with Crippen LogP contribution in [0.1, 0.15) is 19.3 Å². The summed E-state index contributed by atoms with van der Waals surface area (Å²) in [6, 6.07) is 10.2. The summed E-state index contributed by atoms with van der Waals surface area (Å²) in [5, 5.41) is 0.559. The summed E-state index contributed by atoms with van der Waals surface area (Å²) in [6.07, 6.45) is 29.4. The molecule has 168 valence electrons. The van der Waals surface area contributed by atoms with Gasteiger partial charge in [0, 0.05) is 22.8 Å². The Hall–Kier alpha value is -2.65. The van der Waals surface area contributed by atoms with Crippen molar-refractivity contribution in [2.75, 3.05) is 4.90 Å². The normalized spacial score (nSPS) is 32.6. The van der Waals surface area contributed by atoms with Crippen LogP contribution in [-0.2, 0) is 0 Å². The molecule has 2 saturated heterocycles. The molecular weight excluding hydrogens is 429 g/mol. The zero-order valence-electron chi connectivity index (χ0n) is 19.7. The van der Waals surface area contributed by atoms with Crippen LogP contribution in [-0.4, -0.2) is 24.6 Å². The minimum Gasteiger partial charge on any atom is -0.357 e. The SMILES string of the molecule is CBc1ccc(N2C3CC=CC=C3C3=CC=C(C4=CC=CC5C6CC=CC=C6SC45)CC32)cc1. The molecule has 0 spiro atoms. The molecule has 1 aromatic rings. The Morgan fingerprint density at radius 1 is 0.824 bits per heavy atom. The van der Waals surface area contributed by atoms with E-state index in [-0.39, 0.29) is 0 Å². The van der Waals surface area contributed by atoms with Gasteiger partial charge in [-0.2, -0.15) is 0 Å². The monoisotopic (exact) mass is 459 g/mol. The van der Waals surface area contributed by atoms with Gasteiger partial charge in [0.25, 0.3) is 0 Å². The van der Waals surface area contributed by atoms with Gasteiger partial charge >= 0.3 is 0 Å². The zero-order chi connectivity index (χ0) is 22.6. The van der Waals surface area contributed by atoms with Crippen LogP contribution >= 0.6 is 11.8 Å². The maximum Gasteiger partial charge on any atom is 0.154 e. The quantitative estimate of drug-likeness (QED) is 0.497. The fourth-order valence-electron chi connectivity index (χ4n) is 6.80. The molecule has 0 aromatic heterocycles. The van der Waals surface area contributed by atoms with Crippen molar-refractivity contribution in [2.45, 2.75) is 43.4 Å². The van der Waals surface area contributed by atoms with E-state index in [0.29, 0.717) is 29.2 Å². The molecule has 0 bridgehead atoms. The van der Waals surface area contributed by atoms with Gasteiger partial charge in [-0.05, 0) is 58.6 Å². The molecule has 0 amide bonds. The maximum atomic E-state index is 2.72. The van der Waals surface area contributed by atoms with Crippen molar-refractivity contribution in [3.05, 3.63) is 118 Å². The number of thioether (sulfide) groups is 1. The third-order valence-corrected chi connectivity index (χ3v) is 10.1. The third kappa shape index (κ3) is 3.16. The van der Waals surface area contributed by atoms with Crippen molar-refractivity contribution in [1.29, 1.82) is 0 Å². The lowest BCUT2D eigenvalue weighted by atomic mass is 9.73. The first kappa shape index (κ1) is 20.7. The van der Waals surface area contributed by atoms with E-state index in [1.807, 2.05) is 0 Å². The van der Waals surface area contributed by atoms with Gasteiger partial charge in [-0.15, -0.1) is 11.8 Å². The molecule has 2 fully saturated rings. The van der Waals surface area contributed by atoms with Crippen LogP contribution in [0.3, 0.4) is 0 Å². The summed E-state index contributed by atoms with van der Waals surface area (Å²) in [5.41, 5.74) is 8.93. The fourth-order valence-corrected chi connectivity index (χ4v) is 8.48. The van der Waals surface area contributed by atoms with Crippen molar-refractivity contribution in [3.8, 4) is 0 Å². The summed E-state index contributed by atoms with van der Waals surface area (Å²) >= 11 is 2.12. The van der Waals surface area contributed by atoms with Gasteiger partial charge in [-0.25, -0.2) is 0 Å². The lowest BCUT2D eigenvalue weighted by Gasteiger charge is -2.35. The topological polar surface area (TPSA) is 3.24 Å². The van der Waals surface area contributed by atoms with Crippen LogP contribution < -0.4 is 10.4 Å². The minimum absolute atomic E-state index is 0.420. The number of hydrogen-bond acceptors (Lipinski definition) is 2. The van der Waals surface area contributed by atoms with Crippen molar-refractivity contribution >= 4 is 30.2 Å². The Balaban J connectivity index is 1.24. The molecule has 5 unspecified atom stereocenters. The Labute approximate surface area is 208 Å². The van der Waals surface area contributed by atoms with Crippen molar-refractivity contribution in [3.63, 3.8) is 0 Å². The number of anilines is 1. The van der Waals surface area contributed by atoms with E-state index in [2.05, 4.69) is 115 Å². The van der Waals surface area contributed by atoms with Crippen LogP contribution in [0.4, 0.5) is 5.69 Å². The predicted octanol–water partition coefficient (Wildman–Crippen LogP) is 6.18. The number of benzene rings is 1. The summed E-state index contributed by atoms with van der Waals surface area (Å²) in [5.74, 6) is 1.30. The van der Waals surface area contributed by atoms with E-state index in [1.54, 1.807) is 10.5 Å². The molecule has 2 heterocycles. The second-order valence-corrected chi connectivity index (χ2v) is 11.4. The van der Waals surface area contributed by atoms with E-state index in [0.717, 1.165) is 20.1 Å². The van der Waals surface area contributed by atoms with Crippen LogP contribution in [0.25, 0.3) is 0 Å². The minimum atomic E-state index is 0.420. The molecular formula is C31H30BNS. The van der Waals surface area contributed by atoms with Gasteiger partial charge < -0.3 is 4.90 Å². The smallest absolute Gasteiger partial charge is 0.154 e. The van der Waals surface area contributed by atoms with E-state index in [1.165, 1.54) is 34.3 Å². The highest BCUT2D eigenvalue weighted by Crippen LogP contribution is 2.55. The number of allylic oxidation sites excluding steroid dienone is 11. The van der Waals surface area contributed by atoms with Gasteiger partial charge in [-0.1, -0.05) is 91.3 Å². The highest BCUT2D eigenvalue weighted by atomic mass is 32.2. The number of nitrogens with zero attached hydrogens (tertiary/aromatic N) is 1. The molecule has 1 aromatic carbocycles. The first-order valence-corrected chi connectivity index (χ1v) is 13.8. The second kappa shape index (κ2) is 8.24. The summed E-state index contributed by atoms with van der Waals surface area (Å²) in [4.78, 5) is 4.31. The molecule has 7 rings (SSSR count). The van der Waals surface area contributed by atoms with E-state index >= 15 is 0 Å². The van der Waals surface area contributed by atoms with Gasteiger partial charge in [0.15, 0.2) is 7.28 Å². The van der Waals surface area contributed by atoms with Gasteiger partial charge in [0.1, 0.15) is 0 Å². The van der Waals surface area contributed by atoms with Crippen LogP contribution in [0.15, 0.2) is 118 Å². The average molecular weight is 459 g/mol. The number of fused-ring (bicyclic) bond motifs is 6. The largest absolute Gasteiger partial charge is 0.357 e. The molecule has 6 aliphatic rings. The van der Waals surface area contributed by atoms with Crippen LogP contribution in [0, 0.1) is 11.8 Å². The summed E-state index contributed by atoms with van der Waals surface area (Å²) in [6.45, 7) is 2.24. The van der Waals surface area contributed by atoms with E-state index in [9.17, 15) is 0 Å². The van der Waals surface area contributed by atoms with Crippen molar-refractivity contribution < 1.29 is 0 Å². The van der Waals surface area contributed by atoms with Gasteiger partial charge in [0.2, 0.25) is 0 Å². The lowest BCUT2D eigenvalue weighted by molar-refractivity contribution is 0.491.